The molecule has 8 heteroatoms. The van der Waals surface area contributed by atoms with Gasteiger partial charge in [0, 0.05) is 12.1 Å². The molecule has 112 valence electrons. The second kappa shape index (κ2) is 6.56. The molecule has 0 fully saturated rings. The summed E-state index contributed by atoms with van der Waals surface area (Å²) in [6.45, 7) is 3.29. The minimum Gasteiger partial charge on any atom is -0.466 e. The van der Waals surface area contributed by atoms with Crippen molar-refractivity contribution in [1.82, 2.24) is 4.98 Å². The van der Waals surface area contributed by atoms with Gasteiger partial charge in [0.2, 0.25) is 5.88 Å². The number of carbonyl (C=O) groups excluding carboxylic acids is 1. The summed E-state index contributed by atoms with van der Waals surface area (Å²) in [5, 5.41) is 0. The Balaban J connectivity index is 3.07. The van der Waals surface area contributed by atoms with E-state index in [1.807, 2.05) is 0 Å². The quantitative estimate of drug-likeness (QED) is 0.838. The maximum Gasteiger partial charge on any atom is 0.574 e. The average Bonchev–Trinajstić information content (AvgIpc) is 2.31. The maximum atomic E-state index is 12.3. The van der Waals surface area contributed by atoms with E-state index in [1.165, 1.54) is 6.07 Å². The standard InChI is InChI=1S/C12H15F3N2O3/c1-3-19-10(18)5-9-7(2)4-8(6-16)11(17-9)20-12(13,14)15/h4H,3,5-6,16H2,1-2H3. The number of alkyl halides is 3. The highest BCUT2D eigenvalue weighted by atomic mass is 19.4. The summed E-state index contributed by atoms with van der Waals surface area (Å²) in [5.74, 6) is -1.20. The summed E-state index contributed by atoms with van der Waals surface area (Å²) in [5.41, 5.74) is 6.19. The number of hydrogen-bond acceptors (Lipinski definition) is 5. The van der Waals surface area contributed by atoms with Gasteiger partial charge in [-0.1, -0.05) is 0 Å². The van der Waals surface area contributed by atoms with Crippen molar-refractivity contribution in [3.8, 4) is 5.88 Å². The molecule has 0 radical (unpaired) electrons. The van der Waals surface area contributed by atoms with Gasteiger partial charge in [0.1, 0.15) is 0 Å². The summed E-state index contributed by atoms with van der Waals surface area (Å²) >= 11 is 0. The van der Waals surface area contributed by atoms with Crippen molar-refractivity contribution in [2.45, 2.75) is 33.2 Å². The second-order valence-corrected chi connectivity index (χ2v) is 3.95. The number of pyridine rings is 1. The van der Waals surface area contributed by atoms with E-state index in [0.29, 0.717) is 5.56 Å². The van der Waals surface area contributed by atoms with Crippen molar-refractivity contribution >= 4 is 5.97 Å². The van der Waals surface area contributed by atoms with Crippen LogP contribution in [0.2, 0.25) is 0 Å². The third-order valence-corrected chi connectivity index (χ3v) is 2.41. The first-order chi connectivity index (χ1) is 9.26. The normalized spacial score (nSPS) is 11.3. The van der Waals surface area contributed by atoms with Gasteiger partial charge in [-0.05, 0) is 25.5 Å². The number of aromatic nitrogens is 1. The number of hydrogen-bond donors (Lipinski definition) is 1. The number of nitrogens with two attached hydrogens (primary N) is 1. The number of esters is 1. The van der Waals surface area contributed by atoms with Gasteiger partial charge in [-0.15, -0.1) is 13.2 Å². The Labute approximate surface area is 113 Å². The molecule has 0 unspecified atom stereocenters. The molecule has 0 atom stereocenters. The molecular formula is C12H15F3N2O3. The van der Waals surface area contributed by atoms with Crippen molar-refractivity contribution in [2.24, 2.45) is 5.73 Å². The number of ether oxygens (including phenoxy) is 2. The third kappa shape index (κ3) is 4.69. The molecule has 1 rings (SSSR count). The fourth-order valence-corrected chi connectivity index (χ4v) is 1.56. The van der Waals surface area contributed by atoms with Crippen LogP contribution in [0.25, 0.3) is 0 Å². The summed E-state index contributed by atoms with van der Waals surface area (Å²) in [4.78, 5) is 15.1. The van der Waals surface area contributed by atoms with Crippen LogP contribution in [0.15, 0.2) is 6.07 Å². The summed E-state index contributed by atoms with van der Waals surface area (Å²) in [6.07, 6.45) is -5.09. The van der Waals surface area contributed by atoms with Gasteiger partial charge >= 0.3 is 12.3 Å². The van der Waals surface area contributed by atoms with Crippen LogP contribution in [0.3, 0.4) is 0 Å². The summed E-state index contributed by atoms with van der Waals surface area (Å²) in [7, 11) is 0. The van der Waals surface area contributed by atoms with E-state index < -0.39 is 18.2 Å². The Kier molecular flexibility index (Phi) is 5.32. The largest absolute Gasteiger partial charge is 0.574 e. The molecule has 2 N–H and O–H groups in total. The first-order valence-corrected chi connectivity index (χ1v) is 5.87. The summed E-state index contributed by atoms with van der Waals surface area (Å²) < 4.78 is 45.4. The van der Waals surface area contributed by atoms with Crippen LogP contribution in [-0.2, 0) is 22.5 Å². The smallest absolute Gasteiger partial charge is 0.466 e. The number of aryl methyl sites for hydroxylation is 1. The third-order valence-electron chi connectivity index (χ3n) is 2.41. The SMILES string of the molecule is CCOC(=O)Cc1nc(OC(F)(F)F)c(CN)cc1C. The zero-order valence-electron chi connectivity index (χ0n) is 11.1. The lowest BCUT2D eigenvalue weighted by Gasteiger charge is -2.14. The Morgan fingerprint density at radius 1 is 1.45 bits per heavy atom. The predicted octanol–water partition coefficient (Wildman–Crippen LogP) is 1.85. The highest BCUT2D eigenvalue weighted by molar-refractivity contribution is 5.72. The minimum absolute atomic E-state index is 0.118. The van der Waals surface area contributed by atoms with E-state index >= 15 is 0 Å². The van der Waals surface area contributed by atoms with Crippen LogP contribution in [-0.4, -0.2) is 23.9 Å². The highest BCUT2D eigenvalue weighted by Gasteiger charge is 2.33. The van der Waals surface area contributed by atoms with Crippen molar-refractivity contribution in [3.63, 3.8) is 0 Å². The molecule has 0 aliphatic rings. The molecule has 20 heavy (non-hydrogen) atoms. The lowest BCUT2D eigenvalue weighted by molar-refractivity contribution is -0.276. The van der Waals surface area contributed by atoms with Crippen LogP contribution in [0.5, 0.6) is 5.88 Å². The van der Waals surface area contributed by atoms with E-state index in [9.17, 15) is 18.0 Å². The topological polar surface area (TPSA) is 74.4 Å². The zero-order chi connectivity index (χ0) is 15.3. The van der Waals surface area contributed by atoms with Gasteiger partial charge in [-0.3, -0.25) is 4.79 Å². The monoisotopic (exact) mass is 292 g/mol. The minimum atomic E-state index is -4.87. The molecule has 0 aliphatic heterocycles. The number of carbonyl (C=O) groups is 1. The molecule has 0 saturated carbocycles. The van der Waals surface area contributed by atoms with Crippen molar-refractivity contribution in [2.75, 3.05) is 6.61 Å². The van der Waals surface area contributed by atoms with Gasteiger partial charge < -0.3 is 15.2 Å². The van der Waals surface area contributed by atoms with Gasteiger partial charge in [-0.2, -0.15) is 0 Å². The molecule has 1 heterocycles. The van der Waals surface area contributed by atoms with Crippen molar-refractivity contribution in [1.29, 1.82) is 0 Å². The number of halogens is 3. The first kappa shape index (κ1) is 16.2. The highest BCUT2D eigenvalue weighted by Crippen LogP contribution is 2.26. The van der Waals surface area contributed by atoms with Crippen LogP contribution in [0.4, 0.5) is 13.2 Å². The van der Waals surface area contributed by atoms with Crippen molar-refractivity contribution < 1.29 is 27.4 Å². The Hall–Kier alpha value is -1.83. The van der Waals surface area contributed by atoms with Gasteiger partial charge in [0.25, 0.3) is 0 Å². The molecule has 0 saturated heterocycles. The molecule has 5 nitrogen and oxygen atoms in total. The fraction of sp³-hybridized carbons (Fsp3) is 0.500. The second-order valence-electron chi connectivity index (χ2n) is 3.95. The molecule has 0 spiro atoms. The Morgan fingerprint density at radius 2 is 2.10 bits per heavy atom. The van der Waals surface area contributed by atoms with Crippen LogP contribution in [0, 0.1) is 6.92 Å². The predicted molar refractivity (Wildman–Crippen MR) is 63.9 cm³/mol. The number of nitrogens with zero attached hydrogens (tertiary/aromatic N) is 1. The summed E-state index contributed by atoms with van der Waals surface area (Å²) in [6, 6.07) is 1.42. The van der Waals surface area contributed by atoms with Gasteiger partial charge in [0.15, 0.2) is 0 Å². The molecule has 0 amide bonds. The van der Waals surface area contributed by atoms with Crippen molar-refractivity contribution in [3.05, 3.63) is 22.9 Å². The Bertz CT molecular complexity index is 490. The average molecular weight is 292 g/mol. The van der Waals surface area contributed by atoms with Gasteiger partial charge in [0.05, 0.1) is 18.7 Å². The van der Waals surface area contributed by atoms with Crippen LogP contribution < -0.4 is 10.5 Å². The molecule has 1 aromatic rings. The van der Waals surface area contributed by atoms with Crippen LogP contribution >= 0.6 is 0 Å². The molecule has 0 bridgehead atoms. The molecule has 1 aromatic heterocycles. The first-order valence-electron chi connectivity index (χ1n) is 5.87. The molecule has 0 aromatic carbocycles. The molecular weight excluding hydrogens is 277 g/mol. The maximum absolute atomic E-state index is 12.3. The fourth-order valence-electron chi connectivity index (χ4n) is 1.56. The Morgan fingerprint density at radius 3 is 2.60 bits per heavy atom. The van der Waals surface area contributed by atoms with E-state index in [2.05, 4.69) is 9.72 Å². The van der Waals surface area contributed by atoms with E-state index in [1.54, 1.807) is 13.8 Å². The van der Waals surface area contributed by atoms with E-state index in [4.69, 9.17) is 10.5 Å². The molecule has 0 aliphatic carbocycles. The lowest BCUT2D eigenvalue weighted by atomic mass is 10.1. The van der Waals surface area contributed by atoms with Crippen LogP contribution in [0.1, 0.15) is 23.7 Å². The lowest BCUT2D eigenvalue weighted by Crippen LogP contribution is -2.21. The van der Waals surface area contributed by atoms with Gasteiger partial charge in [-0.25, -0.2) is 4.98 Å². The zero-order valence-corrected chi connectivity index (χ0v) is 11.1. The van der Waals surface area contributed by atoms with E-state index in [-0.39, 0.29) is 30.8 Å². The van der Waals surface area contributed by atoms with E-state index in [0.717, 1.165) is 0 Å². The number of rotatable bonds is 5.